The number of carbonyl (C=O) groups is 2. The molecule has 0 bridgehead atoms. The van der Waals surface area contributed by atoms with Gasteiger partial charge in [-0.15, -0.1) is 0 Å². The maximum absolute atomic E-state index is 13.2. The Bertz CT molecular complexity index is 1370. The molecule has 150 valence electrons. The molecule has 5 aromatic rings. The van der Waals surface area contributed by atoms with E-state index in [2.05, 4.69) is 10.3 Å². The Balaban J connectivity index is 1.46. The van der Waals surface area contributed by atoms with Gasteiger partial charge in [-0.25, -0.2) is 0 Å². The van der Waals surface area contributed by atoms with Gasteiger partial charge in [-0.2, -0.15) is 0 Å². The van der Waals surface area contributed by atoms with Crippen LogP contribution in [0.25, 0.3) is 27.9 Å². The molecule has 0 spiro atoms. The Morgan fingerprint density at radius 2 is 1.55 bits per heavy atom. The number of aromatic amines is 1. The Kier molecular flexibility index (Phi) is 4.69. The lowest BCUT2D eigenvalue weighted by Gasteiger charge is -2.08. The molecule has 0 saturated carbocycles. The number of nitrogens with zero attached hydrogens (tertiary/aromatic N) is 1. The van der Waals surface area contributed by atoms with Crippen molar-refractivity contribution in [1.82, 2.24) is 9.38 Å². The van der Waals surface area contributed by atoms with Crippen LogP contribution in [0.2, 0.25) is 0 Å². The van der Waals surface area contributed by atoms with Crippen LogP contribution in [0.3, 0.4) is 0 Å². The minimum absolute atomic E-state index is 0.349. The molecule has 31 heavy (non-hydrogen) atoms. The van der Waals surface area contributed by atoms with Crippen LogP contribution >= 0.6 is 0 Å². The molecular weight excluding hydrogens is 386 g/mol. The molecule has 2 aromatic carbocycles. The highest BCUT2D eigenvalue weighted by atomic mass is 16.2. The number of hydrogen-bond donors (Lipinski definition) is 2. The van der Waals surface area contributed by atoms with Gasteiger partial charge >= 0.3 is 0 Å². The van der Waals surface area contributed by atoms with E-state index in [0.29, 0.717) is 11.4 Å². The monoisotopic (exact) mass is 405 g/mol. The van der Waals surface area contributed by atoms with Crippen LogP contribution in [-0.2, 0) is 4.79 Å². The maximum Gasteiger partial charge on any atom is 0.298 e. The first-order valence-corrected chi connectivity index (χ1v) is 9.96. The normalized spacial score (nSPS) is 10.8. The third kappa shape index (κ3) is 3.53. The summed E-state index contributed by atoms with van der Waals surface area (Å²) >= 11 is 0. The molecule has 3 heterocycles. The summed E-state index contributed by atoms with van der Waals surface area (Å²) in [6.45, 7) is 0. The number of H-pyrrole nitrogens is 1. The SMILES string of the molecule is O=C(Nc1ccc(-c2ccc[nH]2)cc1)C(=O)c1c(-c2ccccc2)cc2ccccn12. The molecule has 3 aromatic heterocycles. The van der Waals surface area contributed by atoms with Gasteiger partial charge in [0, 0.05) is 34.9 Å². The quantitative estimate of drug-likeness (QED) is 0.303. The van der Waals surface area contributed by atoms with Crippen molar-refractivity contribution in [2.75, 3.05) is 5.32 Å². The van der Waals surface area contributed by atoms with Gasteiger partial charge in [0.15, 0.2) is 0 Å². The second-order valence-electron chi connectivity index (χ2n) is 7.21. The molecule has 0 radical (unpaired) electrons. The van der Waals surface area contributed by atoms with E-state index in [1.807, 2.05) is 85.1 Å². The third-order valence-corrected chi connectivity index (χ3v) is 5.24. The highest BCUT2D eigenvalue weighted by Gasteiger charge is 2.24. The Hall–Kier alpha value is -4.38. The van der Waals surface area contributed by atoms with E-state index >= 15 is 0 Å². The maximum atomic E-state index is 13.2. The van der Waals surface area contributed by atoms with Crippen LogP contribution in [0.5, 0.6) is 0 Å². The van der Waals surface area contributed by atoms with Gasteiger partial charge in [0.25, 0.3) is 11.7 Å². The standard InChI is InChI=1S/C26H19N3O2/c30-25(26(31)28-20-13-11-19(12-14-20)23-10-6-15-27-23)24-22(18-7-2-1-3-8-18)17-21-9-4-5-16-29(21)24/h1-17,27H,(H,28,31). The summed E-state index contributed by atoms with van der Waals surface area (Å²) < 4.78 is 1.76. The molecular formula is C26H19N3O2. The summed E-state index contributed by atoms with van der Waals surface area (Å²) in [5.41, 5.74) is 5.37. The lowest BCUT2D eigenvalue weighted by atomic mass is 10.0. The summed E-state index contributed by atoms with van der Waals surface area (Å²) in [5.74, 6) is -1.26. The molecule has 1 amide bonds. The first kappa shape index (κ1) is 18.6. The predicted octanol–water partition coefficient (Wildman–Crippen LogP) is 5.42. The van der Waals surface area contributed by atoms with E-state index in [1.165, 1.54) is 0 Å². The number of Topliss-reactive ketones (excluding diaryl/α,β-unsaturated/α-hetero) is 1. The average Bonchev–Trinajstić information content (AvgIpc) is 3.48. The first-order chi connectivity index (χ1) is 15.2. The van der Waals surface area contributed by atoms with Gasteiger partial charge in [-0.05, 0) is 53.6 Å². The average molecular weight is 405 g/mol. The van der Waals surface area contributed by atoms with Crippen molar-refractivity contribution in [3.05, 3.63) is 109 Å². The Morgan fingerprint density at radius 3 is 2.29 bits per heavy atom. The summed E-state index contributed by atoms with van der Waals surface area (Å²) in [7, 11) is 0. The van der Waals surface area contributed by atoms with Gasteiger partial charge in [-0.1, -0.05) is 48.5 Å². The number of nitrogens with one attached hydrogen (secondary N) is 2. The molecule has 2 N–H and O–H groups in total. The minimum Gasteiger partial charge on any atom is -0.361 e. The Labute approximate surface area is 179 Å². The van der Waals surface area contributed by atoms with Gasteiger partial charge in [-0.3, -0.25) is 9.59 Å². The topological polar surface area (TPSA) is 66.4 Å². The molecule has 0 fully saturated rings. The zero-order valence-corrected chi connectivity index (χ0v) is 16.6. The highest BCUT2D eigenvalue weighted by molar-refractivity contribution is 6.47. The van der Waals surface area contributed by atoms with Crippen LogP contribution < -0.4 is 5.32 Å². The van der Waals surface area contributed by atoms with Crippen molar-refractivity contribution in [3.8, 4) is 22.4 Å². The molecule has 5 rings (SSSR count). The van der Waals surface area contributed by atoms with E-state index in [9.17, 15) is 9.59 Å². The molecule has 5 heteroatoms. The largest absolute Gasteiger partial charge is 0.361 e. The van der Waals surface area contributed by atoms with Crippen molar-refractivity contribution in [1.29, 1.82) is 0 Å². The van der Waals surface area contributed by atoms with Crippen LogP contribution in [-0.4, -0.2) is 21.1 Å². The molecule has 0 unspecified atom stereocenters. The van der Waals surface area contributed by atoms with Crippen LogP contribution in [0, 0.1) is 0 Å². The van der Waals surface area contributed by atoms with Crippen molar-refractivity contribution >= 4 is 22.9 Å². The number of amides is 1. The Morgan fingerprint density at radius 1 is 0.774 bits per heavy atom. The first-order valence-electron chi connectivity index (χ1n) is 9.96. The zero-order valence-electron chi connectivity index (χ0n) is 16.6. The highest BCUT2D eigenvalue weighted by Crippen LogP contribution is 2.28. The molecule has 0 atom stereocenters. The number of carbonyl (C=O) groups excluding carboxylic acids is 2. The van der Waals surface area contributed by atoms with E-state index in [-0.39, 0.29) is 0 Å². The van der Waals surface area contributed by atoms with Crippen molar-refractivity contribution in [2.45, 2.75) is 0 Å². The molecule has 0 aliphatic carbocycles. The summed E-state index contributed by atoms with van der Waals surface area (Å²) in [6, 6.07) is 28.5. The van der Waals surface area contributed by atoms with Crippen molar-refractivity contribution < 1.29 is 9.59 Å². The summed E-state index contributed by atoms with van der Waals surface area (Å²) in [4.78, 5) is 29.3. The number of benzene rings is 2. The van der Waals surface area contributed by atoms with E-state index in [4.69, 9.17) is 0 Å². The van der Waals surface area contributed by atoms with Gasteiger partial charge in [0.1, 0.15) is 5.69 Å². The van der Waals surface area contributed by atoms with Crippen LogP contribution in [0.4, 0.5) is 5.69 Å². The molecule has 0 aliphatic heterocycles. The van der Waals surface area contributed by atoms with E-state index in [1.54, 1.807) is 22.7 Å². The number of aromatic nitrogens is 2. The fourth-order valence-corrected chi connectivity index (χ4v) is 3.73. The summed E-state index contributed by atoms with van der Waals surface area (Å²) in [6.07, 6.45) is 3.66. The number of pyridine rings is 1. The lowest BCUT2D eigenvalue weighted by molar-refractivity contribution is -0.112. The molecule has 0 saturated heterocycles. The second kappa shape index (κ2) is 7.80. The number of hydrogen-bond acceptors (Lipinski definition) is 2. The number of ketones is 1. The number of rotatable bonds is 5. The van der Waals surface area contributed by atoms with Gasteiger partial charge in [0.05, 0.1) is 0 Å². The van der Waals surface area contributed by atoms with Crippen LogP contribution in [0.15, 0.2) is 103 Å². The number of anilines is 1. The minimum atomic E-state index is -0.673. The second-order valence-corrected chi connectivity index (χ2v) is 7.21. The summed E-state index contributed by atoms with van der Waals surface area (Å²) in [5, 5.41) is 2.73. The van der Waals surface area contributed by atoms with Crippen molar-refractivity contribution in [2.24, 2.45) is 0 Å². The van der Waals surface area contributed by atoms with Gasteiger partial charge < -0.3 is 14.7 Å². The zero-order chi connectivity index (χ0) is 21.2. The smallest absolute Gasteiger partial charge is 0.298 e. The van der Waals surface area contributed by atoms with E-state index < -0.39 is 11.7 Å². The third-order valence-electron chi connectivity index (χ3n) is 5.24. The van der Waals surface area contributed by atoms with Crippen molar-refractivity contribution in [3.63, 3.8) is 0 Å². The fourth-order valence-electron chi connectivity index (χ4n) is 3.73. The lowest BCUT2D eigenvalue weighted by Crippen LogP contribution is -2.24. The van der Waals surface area contributed by atoms with Gasteiger partial charge in [0.2, 0.25) is 0 Å². The van der Waals surface area contributed by atoms with Crippen LogP contribution in [0.1, 0.15) is 10.5 Å². The fraction of sp³-hybridized carbons (Fsp3) is 0. The van der Waals surface area contributed by atoms with E-state index in [0.717, 1.165) is 27.9 Å². The number of fused-ring (bicyclic) bond motifs is 1. The molecule has 5 nitrogen and oxygen atoms in total. The predicted molar refractivity (Wildman–Crippen MR) is 122 cm³/mol. The molecule has 0 aliphatic rings.